The molecule has 1 saturated heterocycles. The third-order valence-electron chi connectivity index (χ3n) is 3.14. The van der Waals surface area contributed by atoms with Crippen molar-refractivity contribution in [2.75, 3.05) is 26.7 Å². The van der Waals surface area contributed by atoms with Gasteiger partial charge in [0.2, 0.25) is 5.91 Å². The van der Waals surface area contributed by atoms with Gasteiger partial charge in [-0.2, -0.15) is 0 Å². The SMILES string of the molecule is CN1CCC(CN)(CC(=O)NO)CC1. The van der Waals surface area contributed by atoms with Crippen molar-refractivity contribution in [3.63, 3.8) is 0 Å². The first-order valence-corrected chi connectivity index (χ1v) is 4.93. The van der Waals surface area contributed by atoms with Crippen molar-refractivity contribution in [3.8, 4) is 0 Å². The summed E-state index contributed by atoms with van der Waals surface area (Å²) >= 11 is 0. The monoisotopic (exact) mass is 201 g/mol. The number of likely N-dealkylation sites (tertiary alicyclic amines) is 1. The largest absolute Gasteiger partial charge is 0.330 e. The molecule has 0 spiro atoms. The van der Waals surface area contributed by atoms with Crippen molar-refractivity contribution in [2.24, 2.45) is 11.1 Å². The van der Waals surface area contributed by atoms with Gasteiger partial charge in [0, 0.05) is 6.42 Å². The number of nitrogens with two attached hydrogens (primary N) is 1. The van der Waals surface area contributed by atoms with Crippen molar-refractivity contribution in [1.29, 1.82) is 0 Å². The second kappa shape index (κ2) is 4.72. The maximum Gasteiger partial charge on any atom is 0.243 e. The van der Waals surface area contributed by atoms with Crippen LogP contribution in [0, 0.1) is 5.41 Å². The zero-order valence-electron chi connectivity index (χ0n) is 8.62. The summed E-state index contributed by atoms with van der Waals surface area (Å²) in [4.78, 5) is 13.3. The molecule has 82 valence electrons. The smallest absolute Gasteiger partial charge is 0.243 e. The number of rotatable bonds is 3. The van der Waals surface area contributed by atoms with E-state index in [4.69, 9.17) is 10.9 Å². The maximum absolute atomic E-state index is 11.1. The first-order chi connectivity index (χ1) is 6.62. The quantitative estimate of drug-likeness (QED) is 0.427. The van der Waals surface area contributed by atoms with Crippen molar-refractivity contribution in [1.82, 2.24) is 10.4 Å². The molecule has 1 heterocycles. The second-order valence-corrected chi connectivity index (χ2v) is 4.22. The third kappa shape index (κ3) is 2.67. The van der Waals surface area contributed by atoms with Gasteiger partial charge in [0.1, 0.15) is 0 Å². The summed E-state index contributed by atoms with van der Waals surface area (Å²) < 4.78 is 0. The van der Waals surface area contributed by atoms with Gasteiger partial charge >= 0.3 is 0 Å². The molecule has 0 aromatic carbocycles. The molecule has 1 amide bonds. The fraction of sp³-hybridized carbons (Fsp3) is 0.889. The molecule has 1 aliphatic rings. The van der Waals surface area contributed by atoms with Crippen molar-refractivity contribution < 1.29 is 10.0 Å². The van der Waals surface area contributed by atoms with Crippen LogP contribution in [0.25, 0.3) is 0 Å². The average Bonchev–Trinajstić information content (AvgIpc) is 2.22. The predicted octanol–water partition coefficient (Wildman–Crippen LogP) is -0.447. The summed E-state index contributed by atoms with van der Waals surface area (Å²) in [5, 5.41) is 8.48. The Morgan fingerprint density at radius 1 is 1.57 bits per heavy atom. The van der Waals surface area contributed by atoms with E-state index in [0.29, 0.717) is 13.0 Å². The molecule has 5 heteroatoms. The van der Waals surface area contributed by atoms with E-state index in [-0.39, 0.29) is 11.3 Å². The van der Waals surface area contributed by atoms with E-state index in [9.17, 15) is 4.79 Å². The van der Waals surface area contributed by atoms with Crippen LogP contribution in [0.5, 0.6) is 0 Å². The maximum atomic E-state index is 11.1. The molecule has 0 unspecified atom stereocenters. The minimum absolute atomic E-state index is 0.112. The zero-order chi connectivity index (χ0) is 10.6. The van der Waals surface area contributed by atoms with E-state index in [2.05, 4.69) is 11.9 Å². The van der Waals surface area contributed by atoms with Crippen LogP contribution < -0.4 is 11.2 Å². The Balaban J connectivity index is 2.54. The number of carbonyl (C=O) groups excluding carboxylic acids is 1. The standard InChI is InChI=1S/C9H19N3O2/c1-12-4-2-9(7-10,3-5-12)6-8(13)11-14/h14H,2-7,10H2,1H3,(H,11,13). The van der Waals surface area contributed by atoms with Gasteiger partial charge in [-0.3, -0.25) is 10.0 Å². The van der Waals surface area contributed by atoms with Crippen molar-refractivity contribution in [3.05, 3.63) is 0 Å². The van der Waals surface area contributed by atoms with Crippen LogP contribution in [0.1, 0.15) is 19.3 Å². The number of nitrogens with one attached hydrogen (secondary N) is 1. The van der Waals surface area contributed by atoms with Crippen LogP contribution in [-0.2, 0) is 4.79 Å². The number of nitrogens with zero attached hydrogens (tertiary/aromatic N) is 1. The topological polar surface area (TPSA) is 78.6 Å². The van der Waals surface area contributed by atoms with Gasteiger partial charge in [0.15, 0.2) is 0 Å². The van der Waals surface area contributed by atoms with Gasteiger partial charge in [-0.05, 0) is 44.9 Å². The summed E-state index contributed by atoms with van der Waals surface area (Å²) in [5.74, 6) is -0.333. The Morgan fingerprint density at radius 3 is 2.57 bits per heavy atom. The molecular weight excluding hydrogens is 182 g/mol. The van der Waals surface area contributed by atoms with Crippen LogP contribution in [0.15, 0.2) is 0 Å². The lowest BCUT2D eigenvalue weighted by molar-refractivity contribution is -0.132. The van der Waals surface area contributed by atoms with Gasteiger partial charge in [0.05, 0.1) is 0 Å². The molecule has 0 atom stereocenters. The highest BCUT2D eigenvalue weighted by Gasteiger charge is 2.34. The average molecular weight is 201 g/mol. The highest BCUT2D eigenvalue weighted by Crippen LogP contribution is 2.33. The first-order valence-electron chi connectivity index (χ1n) is 4.93. The number of carbonyl (C=O) groups is 1. The molecule has 0 aliphatic carbocycles. The lowest BCUT2D eigenvalue weighted by Crippen LogP contribution is -2.44. The molecule has 0 bridgehead atoms. The Kier molecular flexibility index (Phi) is 3.86. The van der Waals surface area contributed by atoms with E-state index < -0.39 is 0 Å². The highest BCUT2D eigenvalue weighted by atomic mass is 16.5. The lowest BCUT2D eigenvalue weighted by atomic mass is 9.75. The van der Waals surface area contributed by atoms with Crippen LogP contribution in [0.2, 0.25) is 0 Å². The van der Waals surface area contributed by atoms with E-state index in [0.717, 1.165) is 25.9 Å². The molecule has 0 saturated carbocycles. The fourth-order valence-corrected chi connectivity index (χ4v) is 1.93. The minimum atomic E-state index is -0.333. The Labute approximate surface area is 84.2 Å². The van der Waals surface area contributed by atoms with E-state index in [1.165, 1.54) is 0 Å². The molecule has 1 fully saturated rings. The molecule has 1 aliphatic heterocycles. The minimum Gasteiger partial charge on any atom is -0.330 e. The molecule has 4 N–H and O–H groups in total. The molecule has 1 rings (SSSR count). The fourth-order valence-electron chi connectivity index (χ4n) is 1.93. The normalized spacial score (nSPS) is 21.9. The van der Waals surface area contributed by atoms with Crippen LogP contribution in [-0.4, -0.2) is 42.7 Å². The van der Waals surface area contributed by atoms with Gasteiger partial charge in [-0.15, -0.1) is 0 Å². The number of hydrogen-bond acceptors (Lipinski definition) is 4. The zero-order valence-corrected chi connectivity index (χ0v) is 8.62. The summed E-state index contributed by atoms with van der Waals surface area (Å²) in [6.07, 6.45) is 2.18. The number of piperidine rings is 1. The molecule has 5 nitrogen and oxygen atoms in total. The number of hydroxylamine groups is 1. The Morgan fingerprint density at radius 2 is 2.14 bits per heavy atom. The van der Waals surface area contributed by atoms with E-state index >= 15 is 0 Å². The van der Waals surface area contributed by atoms with Gasteiger partial charge in [-0.25, -0.2) is 5.48 Å². The highest BCUT2D eigenvalue weighted by molar-refractivity contribution is 5.75. The summed E-state index contributed by atoms with van der Waals surface area (Å²) in [7, 11) is 2.06. The van der Waals surface area contributed by atoms with Gasteiger partial charge < -0.3 is 10.6 Å². The third-order valence-corrected chi connectivity index (χ3v) is 3.14. The molecule has 0 aromatic heterocycles. The first kappa shape index (κ1) is 11.4. The Bertz CT molecular complexity index is 200. The van der Waals surface area contributed by atoms with Crippen LogP contribution in [0.4, 0.5) is 0 Å². The summed E-state index contributed by atoms with van der Waals surface area (Å²) in [6, 6.07) is 0. The predicted molar refractivity (Wildman–Crippen MR) is 52.8 cm³/mol. The molecule has 14 heavy (non-hydrogen) atoms. The molecular formula is C9H19N3O2. The molecule has 0 aromatic rings. The van der Waals surface area contributed by atoms with E-state index in [1.54, 1.807) is 5.48 Å². The van der Waals surface area contributed by atoms with Crippen molar-refractivity contribution in [2.45, 2.75) is 19.3 Å². The summed E-state index contributed by atoms with van der Waals surface area (Å²) in [5.41, 5.74) is 7.27. The number of hydrogen-bond donors (Lipinski definition) is 3. The van der Waals surface area contributed by atoms with Crippen LogP contribution in [0.3, 0.4) is 0 Å². The van der Waals surface area contributed by atoms with E-state index in [1.807, 2.05) is 0 Å². The number of amides is 1. The van der Waals surface area contributed by atoms with Crippen molar-refractivity contribution >= 4 is 5.91 Å². The molecule has 0 radical (unpaired) electrons. The van der Waals surface area contributed by atoms with Gasteiger partial charge in [-0.1, -0.05) is 0 Å². The van der Waals surface area contributed by atoms with Crippen LogP contribution >= 0.6 is 0 Å². The second-order valence-electron chi connectivity index (χ2n) is 4.22. The van der Waals surface area contributed by atoms with Gasteiger partial charge in [0.25, 0.3) is 0 Å². The Hall–Kier alpha value is -0.650. The summed E-state index contributed by atoms with van der Waals surface area (Å²) in [6.45, 7) is 2.44. The lowest BCUT2D eigenvalue weighted by Gasteiger charge is -2.39.